The second-order valence-corrected chi connectivity index (χ2v) is 3.04. The molecule has 5 heteroatoms. The molecule has 1 rings (SSSR count). The first kappa shape index (κ1) is 10.5. The minimum absolute atomic E-state index is 0.0721. The van der Waals surface area contributed by atoms with Gasteiger partial charge in [-0.3, -0.25) is 0 Å². The molecule has 1 aromatic rings. The molecule has 14 heavy (non-hydrogen) atoms. The van der Waals surface area contributed by atoms with Crippen LogP contribution >= 0.6 is 0 Å². The van der Waals surface area contributed by atoms with Crippen molar-refractivity contribution in [3.8, 4) is 0 Å². The highest BCUT2D eigenvalue weighted by atomic mass is 16.5. The van der Waals surface area contributed by atoms with Crippen molar-refractivity contribution in [1.29, 1.82) is 0 Å². The maximum absolute atomic E-state index is 10.4. The number of nitrogens with zero attached hydrogens (tertiary/aromatic N) is 1. The number of carbonyl (C=O) groups is 1. The second kappa shape index (κ2) is 4.57. The number of aromatic nitrogens is 1. The van der Waals surface area contributed by atoms with Crippen LogP contribution in [0.5, 0.6) is 0 Å². The van der Waals surface area contributed by atoms with Gasteiger partial charge in [-0.05, 0) is 6.92 Å². The summed E-state index contributed by atoms with van der Waals surface area (Å²) >= 11 is 0. The van der Waals surface area contributed by atoms with Crippen LogP contribution in [-0.2, 0) is 6.54 Å². The van der Waals surface area contributed by atoms with Crippen LogP contribution in [0.4, 0.5) is 0 Å². The molecule has 0 aliphatic heterocycles. The van der Waals surface area contributed by atoms with E-state index in [4.69, 9.17) is 9.63 Å². The predicted molar refractivity (Wildman–Crippen MR) is 50.0 cm³/mol. The molecule has 0 bridgehead atoms. The Kier molecular flexibility index (Phi) is 3.41. The summed E-state index contributed by atoms with van der Waals surface area (Å²) in [4.78, 5) is 10.4. The molecule has 0 aliphatic carbocycles. The minimum Gasteiger partial charge on any atom is -0.476 e. The Labute approximate surface area is 81.4 Å². The van der Waals surface area contributed by atoms with E-state index in [1.54, 1.807) is 0 Å². The van der Waals surface area contributed by atoms with Crippen molar-refractivity contribution in [3.63, 3.8) is 0 Å². The first-order valence-corrected chi connectivity index (χ1v) is 4.13. The van der Waals surface area contributed by atoms with E-state index in [-0.39, 0.29) is 5.69 Å². The van der Waals surface area contributed by atoms with Gasteiger partial charge in [0.2, 0.25) is 0 Å². The molecule has 2 N–H and O–H groups in total. The summed E-state index contributed by atoms with van der Waals surface area (Å²) in [6.07, 6.45) is 0. The molecule has 0 spiro atoms. The highest BCUT2D eigenvalue weighted by molar-refractivity contribution is 5.85. The Morgan fingerprint density at radius 2 is 2.50 bits per heavy atom. The molecule has 76 valence electrons. The van der Waals surface area contributed by atoms with Crippen molar-refractivity contribution in [2.75, 3.05) is 6.54 Å². The fourth-order valence-corrected chi connectivity index (χ4v) is 0.896. The lowest BCUT2D eigenvalue weighted by Gasteiger charge is -1.99. The summed E-state index contributed by atoms with van der Waals surface area (Å²) in [5, 5.41) is 15.0. The zero-order valence-corrected chi connectivity index (χ0v) is 7.91. The molecule has 0 atom stereocenters. The minimum atomic E-state index is -1.08. The van der Waals surface area contributed by atoms with Gasteiger partial charge in [-0.2, -0.15) is 0 Å². The van der Waals surface area contributed by atoms with Gasteiger partial charge < -0.3 is 14.9 Å². The number of nitrogens with one attached hydrogen (secondary N) is 1. The van der Waals surface area contributed by atoms with Gasteiger partial charge in [-0.15, -0.1) is 0 Å². The number of carboxylic acid groups (broad SMARTS) is 1. The van der Waals surface area contributed by atoms with E-state index in [9.17, 15) is 4.79 Å². The van der Waals surface area contributed by atoms with Crippen molar-refractivity contribution in [1.82, 2.24) is 10.5 Å². The van der Waals surface area contributed by atoms with Crippen molar-refractivity contribution in [2.45, 2.75) is 13.5 Å². The summed E-state index contributed by atoms with van der Waals surface area (Å²) in [5.74, 6) is -0.580. The lowest BCUT2D eigenvalue weighted by molar-refractivity contribution is 0.0685. The third-order valence-electron chi connectivity index (χ3n) is 1.50. The molecular weight excluding hydrogens is 184 g/mol. The van der Waals surface area contributed by atoms with E-state index < -0.39 is 5.97 Å². The van der Waals surface area contributed by atoms with Gasteiger partial charge in [-0.25, -0.2) is 4.79 Å². The quantitative estimate of drug-likeness (QED) is 0.688. The van der Waals surface area contributed by atoms with Crippen LogP contribution in [0.25, 0.3) is 0 Å². The average molecular weight is 196 g/mol. The topological polar surface area (TPSA) is 75.4 Å². The van der Waals surface area contributed by atoms with Crippen molar-refractivity contribution in [3.05, 3.63) is 29.7 Å². The molecule has 0 aromatic carbocycles. The van der Waals surface area contributed by atoms with Gasteiger partial charge in [0.25, 0.3) is 0 Å². The molecule has 1 aromatic heterocycles. The van der Waals surface area contributed by atoms with Gasteiger partial charge in [0.05, 0.1) is 6.54 Å². The van der Waals surface area contributed by atoms with Gasteiger partial charge in [0.1, 0.15) is 0 Å². The van der Waals surface area contributed by atoms with E-state index in [2.05, 4.69) is 17.1 Å². The highest BCUT2D eigenvalue weighted by Crippen LogP contribution is 2.02. The standard InChI is InChI=1S/C9H12N2O3/c1-6(2)4-10-5-7-3-8(9(12)13)11-14-7/h3,10H,1,4-5H2,2H3,(H,12,13). The van der Waals surface area contributed by atoms with E-state index in [0.29, 0.717) is 18.8 Å². The van der Waals surface area contributed by atoms with Crippen LogP contribution in [0, 0.1) is 0 Å². The molecule has 0 aliphatic rings. The Morgan fingerprint density at radius 1 is 1.79 bits per heavy atom. The summed E-state index contributed by atoms with van der Waals surface area (Å²) in [7, 11) is 0. The van der Waals surface area contributed by atoms with E-state index in [0.717, 1.165) is 5.57 Å². The largest absolute Gasteiger partial charge is 0.476 e. The summed E-state index contributed by atoms with van der Waals surface area (Å²) in [5.41, 5.74) is 0.931. The number of carboxylic acids is 1. The van der Waals surface area contributed by atoms with Gasteiger partial charge >= 0.3 is 5.97 Å². The van der Waals surface area contributed by atoms with E-state index in [1.165, 1.54) is 6.07 Å². The van der Waals surface area contributed by atoms with Crippen molar-refractivity contribution in [2.24, 2.45) is 0 Å². The van der Waals surface area contributed by atoms with Crippen LogP contribution in [-0.4, -0.2) is 22.8 Å². The fraction of sp³-hybridized carbons (Fsp3) is 0.333. The molecule has 0 fully saturated rings. The molecule has 0 radical (unpaired) electrons. The Hall–Kier alpha value is -1.62. The third kappa shape index (κ3) is 3.02. The lowest BCUT2D eigenvalue weighted by Crippen LogP contribution is -2.14. The first-order valence-electron chi connectivity index (χ1n) is 4.13. The molecule has 0 unspecified atom stereocenters. The van der Waals surface area contributed by atoms with Crippen LogP contribution in [0.15, 0.2) is 22.7 Å². The normalized spacial score (nSPS) is 10.1. The van der Waals surface area contributed by atoms with Crippen LogP contribution in [0.1, 0.15) is 23.2 Å². The maximum Gasteiger partial charge on any atom is 0.358 e. The van der Waals surface area contributed by atoms with E-state index in [1.807, 2.05) is 6.92 Å². The fourth-order valence-electron chi connectivity index (χ4n) is 0.896. The highest BCUT2D eigenvalue weighted by Gasteiger charge is 2.09. The monoisotopic (exact) mass is 196 g/mol. The molecule has 0 saturated carbocycles. The predicted octanol–water partition coefficient (Wildman–Crippen LogP) is 1.04. The van der Waals surface area contributed by atoms with E-state index >= 15 is 0 Å². The first-order chi connectivity index (χ1) is 6.59. The van der Waals surface area contributed by atoms with Crippen LogP contribution < -0.4 is 5.32 Å². The second-order valence-electron chi connectivity index (χ2n) is 3.04. The lowest BCUT2D eigenvalue weighted by atomic mass is 10.3. The molecule has 5 nitrogen and oxygen atoms in total. The zero-order valence-electron chi connectivity index (χ0n) is 7.91. The zero-order chi connectivity index (χ0) is 10.6. The smallest absolute Gasteiger partial charge is 0.358 e. The van der Waals surface area contributed by atoms with Crippen LogP contribution in [0.2, 0.25) is 0 Å². The Bertz CT molecular complexity index is 344. The summed E-state index contributed by atoms with van der Waals surface area (Å²) < 4.78 is 4.78. The molecule has 0 saturated heterocycles. The van der Waals surface area contributed by atoms with Crippen molar-refractivity contribution >= 4 is 5.97 Å². The van der Waals surface area contributed by atoms with Gasteiger partial charge in [0.15, 0.2) is 11.5 Å². The van der Waals surface area contributed by atoms with Gasteiger partial charge in [0, 0.05) is 12.6 Å². The van der Waals surface area contributed by atoms with Crippen LogP contribution in [0.3, 0.4) is 0 Å². The Balaban J connectivity index is 2.44. The van der Waals surface area contributed by atoms with Crippen molar-refractivity contribution < 1.29 is 14.4 Å². The number of hydrogen-bond donors (Lipinski definition) is 2. The molecule has 0 amide bonds. The summed E-state index contributed by atoms with van der Waals surface area (Å²) in [6, 6.07) is 1.40. The number of hydrogen-bond acceptors (Lipinski definition) is 4. The SMILES string of the molecule is C=C(C)CNCc1cc(C(=O)O)no1. The molecule has 1 heterocycles. The average Bonchev–Trinajstić information content (AvgIpc) is 2.52. The third-order valence-corrected chi connectivity index (χ3v) is 1.50. The van der Waals surface area contributed by atoms with Gasteiger partial charge in [-0.1, -0.05) is 17.3 Å². The maximum atomic E-state index is 10.4. The summed E-state index contributed by atoms with van der Waals surface area (Å²) in [6.45, 7) is 6.74. The Morgan fingerprint density at radius 3 is 3.00 bits per heavy atom. The number of rotatable bonds is 5. The molecular formula is C9H12N2O3. The number of aromatic carboxylic acids is 1.